The molecule has 0 bridgehead atoms. The Bertz CT molecular complexity index is 1210. The number of thiocarbonyl (C=S) groups is 1. The van der Waals surface area contributed by atoms with Gasteiger partial charge in [0.05, 0.1) is 16.8 Å². The van der Waals surface area contributed by atoms with E-state index in [0.717, 1.165) is 22.9 Å². The molecule has 3 aromatic heterocycles. The van der Waals surface area contributed by atoms with Crippen LogP contribution in [0.5, 0.6) is 0 Å². The summed E-state index contributed by atoms with van der Waals surface area (Å²) in [6.07, 6.45) is 5.43. The van der Waals surface area contributed by atoms with Gasteiger partial charge in [0.15, 0.2) is 5.11 Å². The highest BCUT2D eigenvalue weighted by Crippen LogP contribution is 2.42. The Balaban J connectivity index is 1.66. The number of halogens is 2. The lowest BCUT2D eigenvalue weighted by Gasteiger charge is -2.28. The van der Waals surface area contributed by atoms with Crippen LogP contribution < -0.4 is 10.2 Å². The number of pyridine rings is 2. The predicted octanol–water partition coefficient (Wildman–Crippen LogP) is 5.75. The largest absolute Gasteiger partial charge is 0.351 e. The summed E-state index contributed by atoms with van der Waals surface area (Å²) in [5.74, 6) is 0.776. The summed E-state index contributed by atoms with van der Waals surface area (Å²) in [6, 6.07) is 21.1. The Morgan fingerprint density at radius 3 is 2.39 bits per heavy atom. The van der Waals surface area contributed by atoms with Gasteiger partial charge in [0, 0.05) is 35.0 Å². The summed E-state index contributed by atoms with van der Waals surface area (Å²) in [4.78, 5) is 11.2. The zero-order valence-corrected chi connectivity index (χ0v) is 18.5. The van der Waals surface area contributed by atoms with Gasteiger partial charge < -0.3 is 14.8 Å². The van der Waals surface area contributed by atoms with E-state index in [0.29, 0.717) is 15.2 Å². The molecule has 0 radical (unpaired) electrons. The fourth-order valence-electron chi connectivity index (χ4n) is 3.89. The maximum atomic E-state index is 6.13. The number of hydrogen-bond acceptors (Lipinski definition) is 3. The van der Waals surface area contributed by atoms with Gasteiger partial charge in [-0.05, 0) is 72.9 Å². The number of aromatic nitrogens is 3. The number of hydrogen-bond donors (Lipinski definition) is 1. The zero-order valence-electron chi connectivity index (χ0n) is 16.2. The van der Waals surface area contributed by atoms with Crippen LogP contribution in [-0.4, -0.2) is 19.6 Å². The van der Waals surface area contributed by atoms with Gasteiger partial charge in [-0.2, -0.15) is 0 Å². The molecule has 0 spiro atoms. The van der Waals surface area contributed by atoms with Crippen molar-refractivity contribution in [3.8, 4) is 5.82 Å². The Kier molecular flexibility index (Phi) is 5.36. The molecule has 4 heterocycles. The third kappa shape index (κ3) is 3.78. The minimum Gasteiger partial charge on any atom is -0.351 e. The molecule has 2 atom stereocenters. The molecule has 0 amide bonds. The molecule has 1 N–H and O–H groups in total. The summed E-state index contributed by atoms with van der Waals surface area (Å²) < 4.78 is 2.05. The second-order valence-electron chi connectivity index (χ2n) is 7.11. The second kappa shape index (κ2) is 8.30. The van der Waals surface area contributed by atoms with Crippen LogP contribution in [0, 0.1) is 0 Å². The summed E-state index contributed by atoms with van der Waals surface area (Å²) in [7, 11) is 0. The fourth-order valence-corrected chi connectivity index (χ4v) is 4.47. The van der Waals surface area contributed by atoms with Gasteiger partial charge in [-0.15, -0.1) is 0 Å². The topological polar surface area (TPSA) is 46.0 Å². The van der Waals surface area contributed by atoms with Crippen molar-refractivity contribution in [2.75, 3.05) is 4.90 Å². The van der Waals surface area contributed by atoms with Crippen LogP contribution in [0.2, 0.25) is 10.0 Å². The third-order valence-electron chi connectivity index (χ3n) is 5.24. The molecule has 0 saturated carbocycles. The van der Waals surface area contributed by atoms with E-state index in [1.54, 1.807) is 12.4 Å². The Labute approximate surface area is 195 Å². The Hall–Kier alpha value is -2.93. The standard InChI is InChI=1S/C23H17Cl2N5S/c24-15-6-9-17(10-7-15)30-22(21(28-23(30)31)18-4-1-2-12-26-18)19-5-3-13-29(19)20-11-8-16(25)14-27-20/h1-14,21-22H,(H,28,31)/t21-,22-/m1/s1. The molecule has 31 heavy (non-hydrogen) atoms. The van der Waals surface area contributed by atoms with Crippen LogP contribution in [0.1, 0.15) is 23.5 Å². The van der Waals surface area contributed by atoms with Gasteiger partial charge in [-0.1, -0.05) is 29.3 Å². The normalized spacial score (nSPS) is 18.3. The first-order chi connectivity index (χ1) is 15.1. The molecule has 1 aliphatic heterocycles. The molecule has 1 aliphatic rings. The summed E-state index contributed by atoms with van der Waals surface area (Å²) in [6.45, 7) is 0. The van der Waals surface area contributed by atoms with Gasteiger partial charge in [0.25, 0.3) is 0 Å². The van der Waals surface area contributed by atoms with Crippen molar-refractivity contribution in [1.82, 2.24) is 19.9 Å². The van der Waals surface area contributed by atoms with E-state index < -0.39 is 0 Å². The minimum atomic E-state index is -0.156. The lowest BCUT2D eigenvalue weighted by Crippen LogP contribution is -2.30. The molecule has 5 rings (SSSR count). The summed E-state index contributed by atoms with van der Waals surface area (Å²) in [5.41, 5.74) is 2.87. The molecule has 5 nitrogen and oxygen atoms in total. The monoisotopic (exact) mass is 465 g/mol. The second-order valence-corrected chi connectivity index (χ2v) is 8.37. The van der Waals surface area contributed by atoms with Crippen LogP contribution in [0.25, 0.3) is 5.82 Å². The average molecular weight is 466 g/mol. The van der Waals surface area contributed by atoms with Gasteiger partial charge in [0.2, 0.25) is 0 Å². The molecule has 0 unspecified atom stereocenters. The first-order valence-corrected chi connectivity index (χ1v) is 10.8. The van der Waals surface area contributed by atoms with E-state index in [9.17, 15) is 0 Å². The van der Waals surface area contributed by atoms with Crippen LogP contribution in [0.4, 0.5) is 5.69 Å². The average Bonchev–Trinajstić information content (AvgIpc) is 3.40. The van der Waals surface area contributed by atoms with Crippen molar-refractivity contribution < 1.29 is 0 Å². The van der Waals surface area contributed by atoms with E-state index >= 15 is 0 Å². The lowest BCUT2D eigenvalue weighted by atomic mass is 10.0. The summed E-state index contributed by atoms with van der Waals surface area (Å²) in [5, 5.41) is 5.36. The fraction of sp³-hybridized carbons (Fsp3) is 0.0870. The number of rotatable bonds is 4. The highest BCUT2D eigenvalue weighted by molar-refractivity contribution is 7.80. The van der Waals surface area contributed by atoms with Crippen LogP contribution in [-0.2, 0) is 0 Å². The Morgan fingerprint density at radius 1 is 0.871 bits per heavy atom. The van der Waals surface area contributed by atoms with E-state index in [1.165, 1.54) is 0 Å². The van der Waals surface area contributed by atoms with Crippen molar-refractivity contribution in [3.05, 3.63) is 107 Å². The third-order valence-corrected chi connectivity index (χ3v) is 6.03. The van der Waals surface area contributed by atoms with E-state index in [1.807, 2.05) is 66.9 Å². The van der Waals surface area contributed by atoms with Crippen molar-refractivity contribution in [2.24, 2.45) is 0 Å². The maximum Gasteiger partial charge on any atom is 0.174 e. The molecular formula is C23H17Cl2N5S. The highest BCUT2D eigenvalue weighted by Gasteiger charge is 2.42. The number of nitrogens with zero attached hydrogens (tertiary/aromatic N) is 4. The smallest absolute Gasteiger partial charge is 0.174 e. The first kappa shape index (κ1) is 20.0. The van der Waals surface area contributed by atoms with E-state index in [4.69, 9.17) is 35.4 Å². The SMILES string of the molecule is S=C1N[C@H](c2ccccn2)[C@@H](c2cccn2-c2ccc(Cl)cn2)N1c1ccc(Cl)cc1. The summed E-state index contributed by atoms with van der Waals surface area (Å²) >= 11 is 18.0. The van der Waals surface area contributed by atoms with Crippen molar-refractivity contribution in [1.29, 1.82) is 0 Å². The molecule has 154 valence electrons. The highest BCUT2D eigenvalue weighted by atomic mass is 35.5. The molecular weight excluding hydrogens is 449 g/mol. The number of nitrogens with one attached hydrogen (secondary N) is 1. The van der Waals surface area contributed by atoms with Crippen molar-refractivity contribution in [3.63, 3.8) is 0 Å². The minimum absolute atomic E-state index is 0.148. The zero-order chi connectivity index (χ0) is 21.4. The van der Waals surface area contributed by atoms with Crippen LogP contribution in [0.15, 0.2) is 85.3 Å². The molecule has 1 saturated heterocycles. The van der Waals surface area contributed by atoms with Crippen LogP contribution in [0.3, 0.4) is 0 Å². The number of benzene rings is 1. The van der Waals surface area contributed by atoms with E-state index in [2.05, 4.69) is 30.8 Å². The predicted molar refractivity (Wildman–Crippen MR) is 128 cm³/mol. The molecule has 1 fully saturated rings. The Morgan fingerprint density at radius 2 is 1.68 bits per heavy atom. The van der Waals surface area contributed by atoms with Gasteiger partial charge in [-0.3, -0.25) is 4.98 Å². The van der Waals surface area contributed by atoms with Gasteiger partial charge in [0.1, 0.15) is 11.9 Å². The van der Waals surface area contributed by atoms with E-state index in [-0.39, 0.29) is 12.1 Å². The lowest BCUT2D eigenvalue weighted by molar-refractivity contribution is 0.548. The maximum absolute atomic E-state index is 6.13. The van der Waals surface area contributed by atoms with Crippen LogP contribution >= 0.6 is 35.4 Å². The number of anilines is 1. The first-order valence-electron chi connectivity index (χ1n) is 9.67. The van der Waals surface area contributed by atoms with Crippen molar-refractivity contribution >= 4 is 46.2 Å². The van der Waals surface area contributed by atoms with Gasteiger partial charge in [-0.25, -0.2) is 4.98 Å². The molecule has 1 aromatic carbocycles. The van der Waals surface area contributed by atoms with Gasteiger partial charge >= 0.3 is 0 Å². The van der Waals surface area contributed by atoms with Crippen molar-refractivity contribution in [2.45, 2.75) is 12.1 Å². The quantitative estimate of drug-likeness (QED) is 0.388. The molecule has 4 aromatic rings. The molecule has 0 aliphatic carbocycles. The molecule has 8 heteroatoms.